The van der Waals surface area contributed by atoms with Crippen LogP contribution in [-0.4, -0.2) is 24.0 Å². The van der Waals surface area contributed by atoms with Gasteiger partial charge in [-0.2, -0.15) is 0 Å². The molecular weight excluding hydrogens is 170 g/mol. The van der Waals surface area contributed by atoms with E-state index < -0.39 is 6.03 Å². The van der Waals surface area contributed by atoms with Gasteiger partial charge in [0.15, 0.2) is 0 Å². The minimum absolute atomic E-state index is 0.0637. The molecule has 5 heteroatoms. The van der Waals surface area contributed by atoms with Gasteiger partial charge in [0, 0.05) is 12.1 Å². The molecule has 0 aromatic carbocycles. The van der Waals surface area contributed by atoms with Crippen molar-refractivity contribution in [3.8, 4) is 0 Å². The molecule has 2 saturated heterocycles. The predicted octanol–water partition coefficient (Wildman–Crippen LogP) is -0.678. The number of nitrogens with one attached hydrogen (secondary N) is 2. The SMILES string of the molecule is NC(=O)NC(=O)C1CC2CCC1N2. The lowest BCUT2D eigenvalue weighted by molar-refractivity contribution is -0.124. The molecule has 3 atom stereocenters. The number of primary amides is 1. The third kappa shape index (κ3) is 1.51. The molecule has 0 radical (unpaired) electrons. The Morgan fingerprint density at radius 3 is 2.62 bits per heavy atom. The van der Waals surface area contributed by atoms with Crippen molar-refractivity contribution in [1.29, 1.82) is 0 Å². The zero-order valence-electron chi connectivity index (χ0n) is 7.25. The van der Waals surface area contributed by atoms with Crippen molar-refractivity contribution in [2.75, 3.05) is 0 Å². The second-order valence-corrected chi connectivity index (χ2v) is 3.74. The Hall–Kier alpha value is -1.10. The standard InChI is InChI=1S/C8H13N3O2/c9-8(13)11-7(12)5-3-4-1-2-6(5)10-4/h4-6,10H,1-3H2,(H3,9,11,12,13). The van der Waals surface area contributed by atoms with Gasteiger partial charge in [-0.05, 0) is 19.3 Å². The zero-order chi connectivity index (χ0) is 9.42. The largest absolute Gasteiger partial charge is 0.351 e. The number of hydrogen-bond acceptors (Lipinski definition) is 3. The molecule has 2 aliphatic heterocycles. The van der Waals surface area contributed by atoms with E-state index in [1.807, 2.05) is 0 Å². The number of fused-ring (bicyclic) bond motifs is 2. The van der Waals surface area contributed by atoms with Crippen LogP contribution in [0.2, 0.25) is 0 Å². The summed E-state index contributed by atoms with van der Waals surface area (Å²) in [7, 11) is 0. The van der Waals surface area contributed by atoms with Gasteiger partial charge in [0.25, 0.3) is 0 Å². The fourth-order valence-corrected chi connectivity index (χ4v) is 2.33. The van der Waals surface area contributed by atoms with Gasteiger partial charge in [0.05, 0.1) is 5.92 Å². The maximum Gasteiger partial charge on any atom is 0.318 e. The molecular formula is C8H13N3O2. The van der Waals surface area contributed by atoms with Crippen molar-refractivity contribution in [1.82, 2.24) is 10.6 Å². The first-order valence-electron chi connectivity index (χ1n) is 4.53. The van der Waals surface area contributed by atoms with Crippen LogP contribution in [0, 0.1) is 5.92 Å². The molecule has 5 nitrogen and oxygen atoms in total. The molecule has 2 fully saturated rings. The highest BCUT2D eigenvalue weighted by Gasteiger charge is 2.42. The second kappa shape index (κ2) is 2.99. The van der Waals surface area contributed by atoms with Crippen molar-refractivity contribution in [2.45, 2.75) is 31.3 Å². The fraction of sp³-hybridized carbons (Fsp3) is 0.750. The molecule has 13 heavy (non-hydrogen) atoms. The first-order chi connectivity index (χ1) is 6.16. The van der Waals surface area contributed by atoms with Gasteiger partial charge < -0.3 is 11.1 Å². The fourth-order valence-electron chi connectivity index (χ4n) is 2.33. The van der Waals surface area contributed by atoms with Crippen LogP contribution >= 0.6 is 0 Å². The molecule has 0 spiro atoms. The van der Waals surface area contributed by atoms with Crippen LogP contribution in [0.25, 0.3) is 0 Å². The lowest BCUT2D eigenvalue weighted by Crippen LogP contribution is -2.42. The number of carbonyl (C=O) groups is 2. The Balaban J connectivity index is 1.95. The number of amides is 3. The summed E-state index contributed by atoms with van der Waals surface area (Å²) >= 11 is 0. The molecule has 2 aliphatic rings. The normalized spacial score (nSPS) is 36.2. The number of hydrogen-bond donors (Lipinski definition) is 3. The minimum atomic E-state index is -0.757. The molecule has 4 N–H and O–H groups in total. The van der Waals surface area contributed by atoms with E-state index >= 15 is 0 Å². The van der Waals surface area contributed by atoms with Crippen LogP contribution in [0.3, 0.4) is 0 Å². The van der Waals surface area contributed by atoms with Gasteiger partial charge in [-0.15, -0.1) is 0 Å². The maximum atomic E-state index is 11.4. The maximum absolute atomic E-state index is 11.4. The van der Waals surface area contributed by atoms with E-state index in [0.29, 0.717) is 6.04 Å². The quantitative estimate of drug-likeness (QED) is 0.503. The van der Waals surface area contributed by atoms with Gasteiger partial charge in [-0.1, -0.05) is 0 Å². The van der Waals surface area contributed by atoms with Gasteiger partial charge in [0.1, 0.15) is 0 Å². The van der Waals surface area contributed by atoms with Crippen LogP contribution in [0.15, 0.2) is 0 Å². The average Bonchev–Trinajstić information content (AvgIpc) is 2.62. The van der Waals surface area contributed by atoms with Gasteiger partial charge in [-0.3, -0.25) is 10.1 Å². The highest BCUT2D eigenvalue weighted by atomic mass is 16.2. The summed E-state index contributed by atoms with van der Waals surface area (Å²) in [5.74, 6) is -0.293. The minimum Gasteiger partial charge on any atom is -0.351 e. The third-order valence-corrected chi connectivity index (χ3v) is 2.88. The molecule has 0 saturated carbocycles. The summed E-state index contributed by atoms with van der Waals surface area (Å²) < 4.78 is 0. The summed E-state index contributed by atoms with van der Waals surface area (Å²) in [6, 6.07) is -0.0363. The van der Waals surface area contributed by atoms with Gasteiger partial charge in [0.2, 0.25) is 5.91 Å². The molecule has 72 valence electrons. The van der Waals surface area contributed by atoms with Crippen LogP contribution in [0.5, 0.6) is 0 Å². The summed E-state index contributed by atoms with van der Waals surface area (Å²) in [4.78, 5) is 21.8. The zero-order valence-corrected chi connectivity index (χ0v) is 7.25. The average molecular weight is 183 g/mol. The molecule has 0 aromatic rings. The Labute approximate surface area is 76.0 Å². The van der Waals surface area contributed by atoms with Gasteiger partial charge >= 0.3 is 6.03 Å². The molecule has 3 unspecified atom stereocenters. The van der Waals surface area contributed by atoms with E-state index in [0.717, 1.165) is 19.3 Å². The molecule has 2 bridgehead atoms. The number of rotatable bonds is 1. The Morgan fingerprint density at radius 1 is 1.38 bits per heavy atom. The molecule has 2 rings (SSSR count). The number of nitrogens with two attached hydrogens (primary N) is 1. The summed E-state index contributed by atoms with van der Waals surface area (Å²) in [5, 5.41) is 5.45. The molecule has 0 aliphatic carbocycles. The Kier molecular flexibility index (Phi) is 1.95. The third-order valence-electron chi connectivity index (χ3n) is 2.88. The summed E-state index contributed by atoms with van der Waals surface area (Å²) in [6.45, 7) is 0. The summed E-state index contributed by atoms with van der Waals surface area (Å²) in [6.07, 6.45) is 3.01. The monoisotopic (exact) mass is 183 g/mol. The predicted molar refractivity (Wildman–Crippen MR) is 45.8 cm³/mol. The first-order valence-corrected chi connectivity index (χ1v) is 4.53. The molecule has 0 aromatic heterocycles. The van der Waals surface area contributed by atoms with Crippen molar-refractivity contribution in [3.63, 3.8) is 0 Å². The van der Waals surface area contributed by atoms with Crippen LogP contribution in [0.1, 0.15) is 19.3 Å². The topological polar surface area (TPSA) is 84.2 Å². The molecule has 2 heterocycles. The van der Waals surface area contributed by atoms with E-state index in [9.17, 15) is 9.59 Å². The Bertz CT molecular complexity index is 254. The highest BCUT2D eigenvalue weighted by molar-refractivity contribution is 5.95. The highest BCUT2D eigenvalue weighted by Crippen LogP contribution is 2.33. The van der Waals surface area contributed by atoms with E-state index in [4.69, 9.17) is 5.73 Å². The van der Waals surface area contributed by atoms with E-state index in [1.54, 1.807) is 0 Å². The van der Waals surface area contributed by atoms with Crippen molar-refractivity contribution >= 4 is 11.9 Å². The van der Waals surface area contributed by atoms with E-state index in [1.165, 1.54) is 0 Å². The number of imide groups is 1. The van der Waals surface area contributed by atoms with Gasteiger partial charge in [-0.25, -0.2) is 4.79 Å². The van der Waals surface area contributed by atoms with Crippen molar-refractivity contribution in [3.05, 3.63) is 0 Å². The summed E-state index contributed by atoms with van der Waals surface area (Å²) in [5.41, 5.74) is 4.87. The second-order valence-electron chi connectivity index (χ2n) is 3.74. The van der Waals surface area contributed by atoms with E-state index in [-0.39, 0.29) is 17.9 Å². The van der Waals surface area contributed by atoms with E-state index in [2.05, 4.69) is 10.6 Å². The first kappa shape index (κ1) is 8.50. The van der Waals surface area contributed by atoms with Crippen LogP contribution < -0.4 is 16.4 Å². The lowest BCUT2D eigenvalue weighted by atomic mass is 9.88. The lowest BCUT2D eigenvalue weighted by Gasteiger charge is -2.17. The smallest absolute Gasteiger partial charge is 0.318 e. The number of urea groups is 1. The Morgan fingerprint density at radius 2 is 2.15 bits per heavy atom. The van der Waals surface area contributed by atoms with Crippen LogP contribution in [0.4, 0.5) is 4.79 Å². The molecule has 3 amide bonds. The van der Waals surface area contributed by atoms with Crippen molar-refractivity contribution in [2.24, 2.45) is 11.7 Å². The van der Waals surface area contributed by atoms with Crippen LogP contribution in [-0.2, 0) is 4.79 Å². The van der Waals surface area contributed by atoms with Crippen molar-refractivity contribution < 1.29 is 9.59 Å². The number of carbonyl (C=O) groups excluding carboxylic acids is 2.